The normalized spacial score (nSPS) is 14.9. The fourth-order valence-corrected chi connectivity index (χ4v) is 2.58. The van der Waals surface area contributed by atoms with Crippen LogP contribution in [0.3, 0.4) is 0 Å². The van der Waals surface area contributed by atoms with Crippen LogP contribution in [0.25, 0.3) is 6.08 Å². The molecule has 0 saturated carbocycles. The highest BCUT2D eigenvalue weighted by molar-refractivity contribution is 6.12. The molecule has 0 saturated heterocycles. The predicted octanol–water partition coefficient (Wildman–Crippen LogP) is 3.84. The molecule has 6 heteroatoms. The highest BCUT2D eigenvalue weighted by Gasteiger charge is 2.24. The Morgan fingerprint density at radius 3 is 2.33 bits per heavy atom. The van der Waals surface area contributed by atoms with Crippen molar-refractivity contribution >= 4 is 17.9 Å². The quantitative estimate of drug-likeness (QED) is 0.573. The molecule has 0 spiro atoms. The maximum absolute atomic E-state index is 12.2. The van der Waals surface area contributed by atoms with E-state index in [4.69, 9.17) is 18.9 Å². The number of esters is 1. The summed E-state index contributed by atoms with van der Waals surface area (Å²) in [6.07, 6.45) is 1.74. The smallest absolute Gasteiger partial charge is 0.363 e. The monoisotopic (exact) mass is 367 g/mol. The Hall–Kier alpha value is -3.28. The summed E-state index contributed by atoms with van der Waals surface area (Å²) in [7, 11) is 3.12. The number of ether oxygens (including phenoxy) is 4. The van der Waals surface area contributed by atoms with Crippen LogP contribution < -0.4 is 14.2 Å². The van der Waals surface area contributed by atoms with E-state index >= 15 is 0 Å². The van der Waals surface area contributed by atoms with Gasteiger partial charge in [0.25, 0.3) is 0 Å². The summed E-state index contributed by atoms with van der Waals surface area (Å²) in [5, 5.41) is 0. The number of nitrogens with zero attached hydrogens (tertiary/aromatic N) is 1. The molecule has 0 aliphatic carbocycles. The molecule has 6 nitrogen and oxygen atoms in total. The lowest BCUT2D eigenvalue weighted by Gasteiger charge is -2.09. The van der Waals surface area contributed by atoms with Crippen LogP contribution in [0.4, 0.5) is 0 Å². The number of carbonyl (C=O) groups is 1. The molecule has 0 atom stereocenters. The zero-order chi connectivity index (χ0) is 19.4. The van der Waals surface area contributed by atoms with Gasteiger partial charge >= 0.3 is 5.97 Å². The maximum Gasteiger partial charge on any atom is 0.363 e. The Bertz CT molecular complexity index is 897. The first-order valence-corrected chi connectivity index (χ1v) is 8.52. The van der Waals surface area contributed by atoms with Crippen molar-refractivity contribution in [2.24, 2.45) is 4.99 Å². The number of cyclic esters (lactones) is 1. The van der Waals surface area contributed by atoms with Crippen molar-refractivity contribution in [3.8, 4) is 17.2 Å². The molecule has 2 aromatic rings. The lowest BCUT2D eigenvalue weighted by atomic mass is 10.1. The number of rotatable bonds is 6. The Morgan fingerprint density at radius 1 is 1.00 bits per heavy atom. The minimum atomic E-state index is -0.498. The van der Waals surface area contributed by atoms with Crippen LogP contribution in [0, 0.1) is 0 Å². The van der Waals surface area contributed by atoms with Gasteiger partial charge in [0.2, 0.25) is 5.90 Å². The van der Waals surface area contributed by atoms with Gasteiger partial charge in [0.05, 0.1) is 20.3 Å². The molecular formula is C21H21NO5. The Labute approximate surface area is 158 Å². The van der Waals surface area contributed by atoms with Crippen molar-refractivity contribution in [2.45, 2.75) is 20.0 Å². The molecule has 3 rings (SSSR count). The third-order valence-electron chi connectivity index (χ3n) is 3.80. The van der Waals surface area contributed by atoms with E-state index < -0.39 is 5.97 Å². The second kappa shape index (κ2) is 7.95. The van der Waals surface area contributed by atoms with Crippen molar-refractivity contribution in [3.63, 3.8) is 0 Å². The van der Waals surface area contributed by atoms with Gasteiger partial charge in [0.1, 0.15) is 5.75 Å². The molecule has 1 heterocycles. The van der Waals surface area contributed by atoms with Gasteiger partial charge in [-0.1, -0.05) is 6.07 Å². The summed E-state index contributed by atoms with van der Waals surface area (Å²) in [5.41, 5.74) is 1.68. The Morgan fingerprint density at radius 2 is 1.70 bits per heavy atom. The van der Waals surface area contributed by atoms with Crippen molar-refractivity contribution in [1.29, 1.82) is 0 Å². The molecule has 140 valence electrons. The Balaban J connectivity index is 1.84. The molecule has 0 fully saturated rings. The van der Waals surface area contributed by atoms with E-state index in [0.29, 0.717) is 17.1 Å². The first-order valence-electron chi connectivity index (χ1n) is 8.52. The van der Waals surface area contributed by atoms with Crippen molar-refractivity contribution < 1.29 is 23.7 Å². The van der Waals surface area contributed by atoms with Gasteiger partial charge in [0.15, 0.2) is 17.2 Å². The van der Waals surface area contributed by atoms with Gasteiger partial charge in [-0.25, -0.2) is 9.79 Å². The van der Waals surface area contributed by atoms with E-state index in [2.05, 4.69) is 4.99 Å². The third kappa shape index (κ3) is 4.28. The fraction of sp³-hybridized carbons (Fsp3) is 0.238. The fourth-order valence-electron chi connectivity index (χ4n) is 2.58. The molecular weight excluding hydrogens is 346 g/mol. The molecule has 0 bridgehead atoms. The average Bonchev–Trinajstić information content (AvgIpc) is 3.02. The van der Waals surface area contributed by atoms with Crippen LogP contribution >= 0.6 is 0 Å². The summed E-state index contributed by atoms with van der Waals surface area (Å²) in [4.78, 5) is 16.5. The van der Waals surface area contributed by atoms with E-state index in [1.807, 2.05) is 44.2 Å². The zero-order valence-corrected chi connectivity index (χ0v) is 15.7. The molecule has 0 amide bonds. The third-order valence-corrected chi connectivity index (χ3v) is 3.80. The van der Waals surface area contributed by atoms with Crippen LogP contribution in [-0.2, 0) is 9.53 Å². The van der Waals surface area contributed by atoms with Gasteiger partial charge < -0.3 is 18.9 Å². The lowest BCUT2D eigenvalue weighted by Crippen LogP contribution is -2.07. The highest BCUT2D eigenvalue weighted by Crippen LogP contribution is 2.29. The van der Waals surface area contributed by atoms with Crippen molar-refractivity contribution in [2.75, 3.05) is 14.2 Å². The summed E-state index contributed by atoms with van der Waals surface area (Å²) >= 11 is 0. The molecule has 1 aliphatic rings. The van der Waals surface area contributed by atoms with E-state index in [1.165, 1.54) is 0 Å². The van der Waals surface area contributed by atoms with Crippen LogP contribution in [0.2, 0.25) is 0 Å². The summed E-state index contributed by atoms with van der Waals surface area (Å²) < 4.78 is 21.4. The largest absolute Gasteiger partial charge is 0.493 e. The lowest BCUT2D eigenvalue weighted by molar-refractivity contribution is -0.129. The van der Waals surface area contributed by atoms with Gasteiger partial charge in [-0.2, -0.15) is 0 Å². The topological polar surface area (TPSA) is 66.3 Å². The molecule has 0 N–H and O–H groups in total. The molecule has 2 aromatic carbocycles. The van der Waals surface area contributed by atoms with Gasteiger partial charge in [0, 0.05) is 5.56 Å². The SMILES string of the molecule is COc1ccc(C=C2N=C(c3ccc(OC(C)C)cc3)OC2=O)cc1OC. The number of carbonyl (C=O) groups excluding carboxylic acids is 1. The molecule has 0 aromatic heterocycles. The van der Waals surface area contributed by atoms with Crippen LogP contribution in [-0.4, -0.2) is 32.2 Å². The van der Waals surface area contributed by atoms with Gasteiger partial charge in [-0.05, 0) is 61.9 Å². The molecule has 0 radical (unpaired) electrons. The number of benzene rings is 2. The second-order valence-corrected chi connectivity index (χ2v) is 6.14. The highest BCUT2D eigenvalue weighted by atomic mass is 16.6. The zero-order valence-electron chi connectivity index (χ0n) is 15.7. The predicted molar refractivity (Wildman–Crippen MR) is 102 cm³/mol. The van der Waals surface area contributed by atoms with Crippen molar-refractivity contribution in [3.05, 3.63) is 59.3 Å². The van der Waals surface area contributed by atoms with E-state index in [1.54, 1.807) is 32.4 Å². The van der Waals surface area contributed by atoms with Crippen LogP contribution in [0.5, 0.6) is 17.2 Å². The first-order chi connectivity index (χ1) is 13.0. The van der Waals surface area contributed by atoms with E-state index in [9.17, 15) is 4.79 Å². The summed E-state index contributed by atoms with van der Waals surface area (Å²) in [6, 6.07) is 12.6. The molecule has 27 heavy (non-hydrogen) atoms. The minimum Gasteiger partial charge on any atom is -0.493 e. The van der Waals surface area contributed by atoms with E-state index in [0.717, 1.165) is 11.3 Å². The minimum absolute atomic E-state index is 0.0912. The number of hydrogen-bond donors (Lipinski definition) is 0. The number of aliphatic imine (C=N–C) groups is 1. The maximum atomic E-state index is 12.2. The molecule has 1 aliphatic heterocycles. The number of methoxy groups -OCH3 is 2. The van der Waals surface area contributed by atoms with Crippen LogP contribution in [0.1, 0.15) is 25.0 Å². The summed E-state index contributed by atoms with van der Waals surface area (Å²) in [5.74, 6) is 1.70. The van der Waals surface area contributed by atoms with Gasteiger partial charge in [-0.3, -0.25) is 0 Å². The van der Waals surface area contributed by atoms with E-state index in [-0.39, 0.29) is 17.7 Å². The van der Waals surface area contributed by atoms with Gasteiger partial charge in [-0.15, -0.1) is 0 Å². The average molecular weight is 367 g/mol. The first kappa shape index (κ1) is 18.5. The Kier molecular flexibility index (Phi) is 5.45. The second-order valence-electron chi connectivity index (χ2n) is 6.14. The standard InChI is InChI=1S/C21H21NO5/c1-13(2)26-16-8-6-15(7-9-16)20-22-17(21(23)27-20)11-14-5-10-18(24-3)19(12-14)25-4/h5-13H,1-4H3. The summed E-state index contributed by atoms with van der Waals surface area (Å²) in [6.45, 7) is 3.92. The van der Waals surface area contributed by atoms with Crippen molar-refractivity contribution in [1.82, 2.24) is 0 Å². The van der Waals surface area contributed by atoms with Crippen LogP contribution in [0.15, 0.2) is 53.2 Å². The molecule has 0 unspecified atom stereocenters. The number of hydrogen-bond acceptors (Lipinski definition) is 6.